The molecule has 1 aromatic heterocycles. The van der Waals surface area contributed by atoms with Gasteiger partial charge in [-0.2, -0.15) is 0 Å². The third kappa shape index (κ3) is 3.85. The molecule has 1 aromatic carbocycles. The van der Waals surface area contributed by atoms with Crippen LogP contribution in [0.2, 0.25) is 0 Å². The van der Waals surface area contributed by atoms with Crippen molar-refractivity contribution in [2.24, 2.45) is 0 Å². The Labute approximate surface area is 162 Å². The first-order valence-corrected chi connectivity index (χ1v) is 10.7. The van der Waals surface area contributed by atoms with E-state index in [0.717, 1.165) is 53.7 Å². The maximum Gasteiger partial charge on any atom is 0.254 e. The van der Waals surface area contributed by atoms with Crippen molar-refractivity contribution >= 4 is 16.9 Å². The first-order chi connectivity index (χ1) is 13.1. The van der Waals surface area contributed by atoms with Gasteiger partial charge in [0.2, 0.25) is 0 Å². The molecule has 0 saturated heterocycles. The quantitative estimate of drug-likeness (QED) is 0.736. The molecule has 2 aliphatic rings. The number of carbonyl (C=O) groups excluding carboxylic acids is 1. The minimum atomic E-state index is 0.204. The number of hydrogen-bond acceptors (Lipinski definition) is 3. The SMILES string of the molecule is Cc1nc2ccc(C(=O)N(C3CCCCC3)C3CCCCC3)cc2nc1C. The molecular formula is C23H31N3O. The molecule has 4 heteroatoms. The Bertz CT molecular complexity index is 802. The molecule has 0 unspecified atom stereocenters. The standard InChI is InChI=1S/C23H31N3O/c1-16-17(2)25-22-15-18(13-14-21(22)24-16)23(27)26(19-9-5-3-6-10-19)20-11-7-4-8-12-20/h13-15,19-20H,3-12H2,1-2H3. The lowest BCUT2D eigenvalue weighted by Gasteiger charge is -2.42. The lowest BCUT2D eigenvalue weighted by Crippen LogP contribution is -2.48. The maximum atomic E-state index is 13.6. The van der Waals surface area contributed by atoms with Crippen molar-refractivity contribution in [3.05, 3.63) is 35.2 Å². The van der Waals surface area contributed by atoms with Crippen molar-refractivity contribution in [3.63, 3.8) is 0 Å². The summed E-state index contributed by atoms with van der Waals surface area (Å²) in [6, 6.07) is 6.69. The summed E-state index contributed by atoms with van der Waals surface area (Å²) < 4.78 is 0. The van der Waals surface area contributed by atoms with Crippen LogP contribution in [0.3, 0.4) is 0 Å². The molecule has 0 spiro atoms. The van der Waals surface area contributed by atoms with Gasteiger partial charge in [0.05, 0.1) is 22.4 Å². The zero-order valence-electron chi connectivity index (χ0n) is 16.7. The summed E-state index contributed by atoms with van der Waals surface area (Å²) in [6.07, 6.45) is 12.3. The van der Waals surface area contributed by atoms with Crippen LogP contribution in [0.4, 0.5) is 0 Å². The molecule has 4 rings (SSSR count). The predicted molar refractivity (Wildman–Crippen MR) is 109 cm³/mol. The maximum absolute atomic E-state index is 13.6. The summed E-state index contributed by atoms with van der Waals surface area (Å²) in [6.45, 7) is 3.96. The van der Waals surface area contributed by atoms with Crippen LogP contribution in [0.1, 0.15) is 86.0 Å². The van der Waals surface area contributed by atoms with E-state index >= 15 is 0 Å². The predicted octanol–water partition coefficient (Wildman–Crippen LogP) is 5.35. The number of nitrogens with zero attached hydrogens (tertiary/aromatic N) is 3. The Kier molecular flexibility index (Phi) is 5.42. The average Bonchev–Trinajstić information content (AvgIpc) is 2.70. The molecule has 2 saturated carbocycles. The molecule has 1 heterocycles. The number of amides is 1. The highest BCUT2D eigenvalue weighted by Gasteiger charge is 2.33. The van der Waals surface area contributed by atoms with Crippen LogP contribution in [0.5, 0.6) is 0 Å². The van der Waals surface area contributed by atoms with E-state index in [1.165, 1.54) is 38.5 Å². The summed E-state index contributed by atoms with van der Waals surface area (Å²) in [4.78, 5) is 25.2. The highest BCUT2D eigenvalue weighted by Crippen LogP contribution is 2.31. The van der Waals surface area contributed by atoms with Gasteiger partial charge in [-0.3, -0.25) is 4.79 Å². The van der Waals surface area contributed by atoms with Gasteiger partial charge in [-0.1, -0.05) is 38.5 Å². The first-order valence-electron chi connectivity index (χ1n) is 10.7. The van der Waals surface area contributed by atoms with E-state index in [9.17, 15) is 4.79 Å². The number of aromatic nitrogens is 2. The summed E-state index contributed by atoms with van der Waals surface area (Å²) in [5.74, 6) is 0.204. The molecule has 0 N–H and O–H groups in total. The monoisotopic (exact) mass is 365 g/mol. The van der Waals surface area contributed by atoms with E-state index in [2.05, 4.69) is 14.9 Å². The minimum absolute atomic E-state index is 0.204. The molecule has 4 nitrogen and oxygen atoms in total. The summed E-state index contributed by atoms with van der Waals surface area (Å²) in [5, 5.41) is 0. The van der Waals surface area contributed by atoms with Crippen LogP contribution in [-0.4, -0.2) is 32.9 Å². The fraction of sp³-hybridized carbons (Fsp3) is 0.609. The van der Waals surface area contributed by atoms with Gasteiger partial charge in [0.15, 0.2) is 0 Å². The first kappa shape index (κ1) is 18.4. The Morgan fingerprint density at radius 3 is 1.89 bits per heavy atom. The van der Waals surface area contributed by atoms with Crippen molar-refractivity contribution < 1.29 is 4.79 Å². The number of benzene rings is 1. The van der Waals surface area contributed by atoms with E-state index in [4.69, 9.17) is 0 Å². The van der Waals surface area contributed by atoms with Crippen molar-refractivity contribution in [2.75, 3.05) is 0 Å². The largest absolute Gasteiger partial charge is 0.333 e. The second-order valence-electron chi connectivity index (χ2n) is 8.39. The van der Waals surface area contributed by atoms with Crippen LogP contribution in [0, 0.1) is 13.8 Å². The number of hydrogen-bond donors (Lipinski definition) is 0. The fourth-order valence-electron chi connectivity index (χ4n) is 4.86. The molecule has 27 heavy (non-hydrogen) atoms. The van der Waals surface area contributed by atoms with Crippen molar-refractivity contribution in [1.82, 2.24) is 14.9 Å². The van der Waals surface area contributed by atoms with E-state index in [1.54, 1.807) is 0 Å². The number of aryl methyl sites for hydroxylation is 2. The normalized spacial score (nSPS) is 19.3. The Hall–Kier alpha value is -1.97. The van der Waals surface area contributed by atoms with E-state index < -0.39 is 0 Å². The van der Waals surface area contributed by atoms with Gasteiger partial charge in [-0.05, 0) is 57.7 Å². The molecule has 144 valence electrons. The summed E-state index contributed by atoms with van der Waals surface area (Å²) >= 11 is 0. The van der Waals surface area contributed by atoms with Crippen LogP contribution >= 0.6 is 0 Å². The fourth-order valence-corrected chi connectivity index (χ4v) is 4.86. The molecule has 0 radical (unpaired) electrons. The smallest absolute Gasteiger partial charge is 0.254 e. The van der Waals surface area contributed by atoms with Gasteiger partial charge in [0.1, 0.15) is 0 Å². The number of fused-ring (bicyclic) bond motifs is 1. The zero-order chi connectivity index (χ0) is 18.8. The average molecular weight is 366 g/mol. The highest BCUT2D eigenvalue weighted by molar-refractivity contribution is 5.97. The lowest BCUT2D eigenvalue weighted by molar-refractivity contribution is 0.0448. The third-order valence-electron chi connectivity index (χ3n) is 6.49. The van der Waals surface area contributed by atoms with Crippen LogP contribution in [-0.2, 0) is 0 Å². The van der Waals surface area contributed by atoms with Crippen LogP contribution in [0.25, 0.3) is 11.0 Å². The van der Waals surface area contributed by atoms with Gasteiger partial charge >= 0.3 is 0 Å². The van der Waals surface area contributed by atoms with Gasteiger partial charge in [-0.25, -0.2) is 9.97 Å². The Morgan fingerprint density at radius 1 is 0.815 bits per heavy atom. The van der Waals surface area contributed by atoms with E-state index in [-0.39, 0.29) is 5.91 Å². The third-order valence-corrected chi connectivity index (χ3v) is 6.49. The summed E-state index contributed by atoms with van der Waals surface area (Å²) in [5.41, 5.74) is 4.36. The molecule has 1 amide bonds. The topological polar surface area (TPSA) is 46.1 Å². The zero-order valence-corrected chi connectivity index (χ0v) is 16.7. The Balaban J connectivity index is 1.67. The van der Waals surface area contributed by atoms with Crippen molar-refractivity contribution in [1.29, 1.82) is 0 Å². The molecule has 0 atom stereocenters. The lowest BCUT2D eigenvalue weighted by atomic mass is 9.88. The Morgan fingerprint density at radius 2 is 1.33 bits per heavy atom. The van der Waals surface area contributed by atoms with E-state index in [1.807, 2.05) is 32.0 Å². The molecule has 2 aliphatic carbocycles. The molecule has 0 aliphatic heterocycles. The van der Waals surface area contributed by atoms with Gasteiger partial charge < -0.3 is 4.90 Å². The minimum Gasteiger partial charge on any atom is -0.333 e. The number of carbonyl (C=O) groups is 1. The van der Waals surface area contributed by atoms with Crippen molar-refractivity contribution in [2.45, 2.75) is 90.1 Å². The molecule has 0 bridgehead atoms. The van der Waals surface area contributed by atoms with Gasteiger partial charge in [0, 0.05) is 17.6 Å². The van der Waals surface area contributed by atoms with Crippen LogP contribution < -0.4 is 0 Å². The van der Waals surface area contributed by atoms with Crippen molar-refractivity contribution in [3.8, 4) is 0 Å². The second-order valence-corrected chi connectivity index (χ2v) is 8.39. The highest BCUT2D eigenvalue weighted by atomic mass is 16.2. The van der Waals surface area contributed by atoms with Gasteiger partial charge in [-0.15, -0.1) is 0 Å². The van der Waals surface area contributed by atoms with Gasteiger partial charge in [0.25, 0.3) is 5.91 Å². The molecule has 2 fully saturated rings. The summed E-state index contributed by atoms with van der Waals surface area (Å²) in [7, 11) is 0. The van der Waals surface area contributed by atoms with E-state index in [0.29, 0.717) is 12.1 Å². The number of rotatable bonds is 3. The molecule has 2 aromatic rings. The van der Waals surface area contributed by atoms with Crippen LogP contribution in [0.15, 0.2) is 18.2 Å². The second kappa shape index (κ2) is 7.95. The molecular weight excluding hydrogens is 334 g/mol.